The summed E-state index contributed by atoms with van der Waals surface area (Å²) in [6.07, 6.45) is 0. The summed E-state index contributed by atoms with van der Waals surface area (Å²) in [5.41, 5.74) is 13.7. The van der Waals surface area contributed by atoms with E-state index in [2.05, 4.69) is 165 Å². The van der Waals surface area contributed by atoms with Crippen molar-refractivity contribution in [1.29, 1.82) is 0 Å². The maximum atomic E-state index is 5.22. The molecule has 0 N–H and O–H groups in total. The predicted molar refractivity (Wildman–Crippen MR) is 214 cm³/mol. The molecule has 51 heavy (non-hydrogen) atoms. The number of thiophene rings is 1. The third-order valence-corrected chi connectivity index (χ3v) is 11.8. The molecule has 2 aromatic heterocycles. The van der Waals surface area contributed by atoms with Crippen LogP contribution in [0.4, 0.5) is 0 Å². The lowest BCUT2D eigenvalue weighted by molar-refractivity contribution is 0.714. The van der Waals surface area contributed by atoms with Crippen molar-refractivity contribution in [1.82, 2.24) is 9.97 Å². The molecule has 240 valence electrons. The molecule has 0 saturated carbocycles. The maximum absolute atomic E-state index is 5.22. The van der Waals surface area contributed by atoms with Gasteiger partial charge < -0.3 is 0 Å². The van der Waals surface area contributed by atoms with Crippen LogP contribution < -0.4 is 0 Å². The molecule has 2 heterocycles. The van der Waals surface area contributed by atoms with Crippen molar-refractivity contribution in [3.63, 3.8) is 0 Å². The zero-order valence-electron chi connectivity index (χ0n) is 28.0. The number of hydrogen-bond acceptors (Lipinski definition) is 3. The summed E-state index contributed by atoms with van der Waals surface area (Å²) >= 11 is 1.83. The average molecular weight is 669 g/mol. The Labute approximate surface area is 301 Å². The monoisotopic (exact) mass is 668 g/mol. The first-order valence-electron chi connectivity index (χ1n) is 17.4. The first-order chi connectivity index (χ1) is 25.1. The Kier molecular flexibility index (Phi) is 6.83. The van der Waals surface area contributed by atoms with Crippen molar-refractivity contribution in [2.45, 2.75) is 12.3 Å². The molecule has 0 atom stereocenters. The zero-order chi connectivity index (χ0) is 33.9. The van der Waals surface area contributed by atoms with Gasteiger partial charge in [-0.05, 0) is 70.1 Å². The highest BCUT2D eigenvalue weighted by atomic mass is 32.1. The number of nitrogens with zero attached hydrogens (tertiary/aromatic N) is 2. The van der Waals surface area contributed by atoms with Gasteiger partial charge in [0.2, 0.25) is 0 Å². The number of fused-ring (bicyclic) bond motifs is 6. The summed E-state index contributed by atoms with van der Waals surface area (Å²) < 4.78 is 2.58. The lowest BCUT2D eigenvalue weighted by Crippen LogP contribution is -2.22. The lowest BCUT2D eigenvalue weighted by Gasteiger charge is -2.28. The topological polar surface area (TPSA) is 25.8 Å². The van der Waals surface area contributed by atoms with E-state index in [0.29, 0.717) is 0 Å². The molecule has 0 amide bonds. The maximum Gasteiger partial charge on any atom is 0.160 e. The molecule has 0 bridgehead atoms. The van der Waals surface area contributed by atoms with Gasteiger partial charge in [-0.3, -0.25) is 0 Å². The highest BCUT2D eigenvalue weighted by molar-refractivity contribution is 7.25. The molecule has 10 rings (SSSR count). The number of hydrogen-bond donors (Lipinski definition) is 0. The lowest BCUT2D eigenvalue weighted by atomic mass is 9.74. The minimum absolute atomic E-state index is 0.230. The van der Waals surface area contributed by atoms with Gasteiger partial charge in [0, 0.05) is 42.3 Å². The van der Waals surface area contributed by atoms with E-state index < -0.39 is 0 Å². The Morgan fingerprint density at radius 3 is 1.73 bits per heavy atom. The van der Waals surface area contributed by atoms with Gasteiger partial charge in [-0.1, -0.05) is 152 Å². The number of rotatable bonds is 5. The first kappa shape index (κ1) is 29.7. The Morgan fingerprint density at radius 1 is 0.412 bits per heavy atom. The van der Waals surface area contributed by atoms with Crippen molar-refractivity contribution in [3.8, 4) is 56.2 Å². The van der Waals surface area contributed by atoms with Crippen LogP contribution in [0.15, 0.2) is 176 Å². The largest absolute Gasteiger partial charge is 0.228 e. The van der Waals surface area contributed by atoms with Crippen LogP contribution in [0.2, 0.25) is 0 Å². The van der Waals surface area contributed by atoms with Gasteiger partial charge in [0.05, 0.1) is 11.4 Å². The van der Waals surface area contributed by atoms with Crippen molar-refractivity contribution >= 4 is 31.5 Å². The fraction of sp³-hybridized carbons (Fsp3) is 0.0417. The van der Waals surface area contributed by atoms with Gasteiger partial charge >= 0.3 is 0 Å². The normalized spacial score (nSPS) is 13.0. The second-order valence-electron chi connectivity index (χ2n) is 13.5. The van der Waals surface area contributed by atoms with Crippen molar-refractivity contribution in [3.05, 3.63) is 193 Å². The van der Waals surface area contributed by atoms with Crippen LogP contribution in [-0.2, 0) is 5.41 Å². The van der Waals surface area contributed by atoms with Gasteiger partial charge in [-0.2, -0.15) is 0 Å². The van der Waals surface area contributed by atoms with Crippen LogP contribution in [0.1, 0.15) is 23.6 Å². The van der Waals surface area contributed by atoms with Crippen LogP contribution in [-0.4, -0.2) is 9.97 Å². The standard InChI is InChI=1S/C48H32N2S/c1-48(41-20-10-7-16-36(41)37-17-8-11-21-42(37)48)34-26-23-31(24-27-34)35-15-5-6-18-38(35)44-30-43(49-47(50-44)32-13-3-2-4-14-32)33-25-28-46-40(29-33)39-19-9-12-22-45(39)51-46/h2-30H,1H3. The minimum atomic E-state index is -0.230. The smallest absolute Gasteiger partial charge is 0.160 e. The zero-order valence-corrected chi connectivity index (χ0v) is 28.9. The molecule has 0 radical (unpaired) electrons. The number of aromatic nitrogens is 2. The molecule has 2 nitrogen and oxygen atoms in total. The first-order valence-corrected chi connectivity index (χ1v) is 18.2. The third-order valence-electron chi connectivity index (χ3n) is 10.6. The molecule has 1 aliphatic rings. The quantitative estimate of drug-likeness (QED) is 0.182. The molecular weight excluding hydrogens is 637 g/mol. The van der Waals surface area contributed by atoms with Crippen LogP contribution >= 0.6 is 11.3 Å². The summed E-state index contributed by atoms with van der Waals surface area (Å²) in [5.74, 6) is 0.718. The van der Waals surface area contributed by atoms with Gasteiger partial charge in [0.25, 0.3) is 0 Å². The molecule has 0 aliphatic heterocycles. The molecule has 3 heteroatoms. The van der Waals surface area contributed by atoms with Crippen LogP contribution in [0.5, 0.6) is 0 Å². The Bertz CT molecular complexity index is 2710. The van der Waals surface area contributed by atoms with E-state index in [1.165, 1.54) is 48.0 Å². The summed E-state index contributed by atoms with van der Waals surface area (Å²) in [6.45, 7) is 2.37. The number of benzene rings is 7. The SMILES string of the molecule is CC1(c2ccc(-c3ccccc3-c3cc(-c4ccc5sc6ccccc6c5c4)nc(-c4ccccc4)n3)cc2)c2ccccc2-c2ccccc21. The van der Waals surface area contributed by atoms with E-state index in [-0.39, 0.29) is 5.41 Å². The highest BCUT2D eigenvalue weighted by Crippen LogP contribution is 2.52. The summed E-state index contributed by atoms with van der Waals surface area (Å²) in [7, 11) is 0. The summed E-state index contributed by atoms with van der Waals surface area (Å²) in [5, 5.41) is 2.54. The van der Waals surface area contributed by atoms with E-state index in [1.807, 2.05) is 29.5 Å². The molecular formula is C48H32N2S. The fourth-order valence-electron chi connectivity index (χ4n) is 8.04. The molecule has 7 aromatic carbocycles. The second-order valence-corrected chi connectivity index (χ2v) is 14.6. The fourth-order valence-corrected chi connectivity index (χ4v) is 9.13. The van der Waals surface area contributed by atoms with Gasteiger partial charge in [-0.25, -0.2) is 9.97 Å². The van der Waals surface area contributed by atoms with Crippen molar-refractivity contribution < 1.29 is 0 Å². The Hall–Kier alpha value is -6.16. The molecule has 0 fully saturated rings. The minimum Gasteiger partial charge on any atom is -0.228 e. The molecule has 1 aliphatic carbocycles. The van der Waals surface area contributed by atoms with Gasteiger partial charge in [0.15, 0.2) is 5.82 Å². The van der Waals surface area contributed by atoms with Gasteiger partial charge in [0.1, 0.15) is 0 Å². The highest BCUT2D eigenvalue weighted by Gasteiger charge is 2.40. The average Bonchev–Trinajstić information content (AvgIpc) is 3.71. The van der Waals surface area contributed by atoms with Crippen LogP contribution in [0.3, 0.4) is 0 Å². The van der Waals surface area contributed by atoms with Crippen molar-refractivity contribution in [2.75, 3.05) is 0 Å². The Morgan fingerprint density at radius 2 is 0.980 bits per heavy atom. The van der Waals surface area contributed by atoms with E-state index in [1.54, 1.807) is 0 Å². The summed E-state index contributed by atoms with van der Waals surface area (Å²) in [6, 6.07) is 63.3. The van der Waals surface area contributed by atoms with E-state index in [9.17, 15) is 0 Å². The van der Waals surface area contributed by atoms with E-state index in [0.717, 1.165) is 45.0 Å². The molecule has 0 saturated heterocycles. The van der Waals surface area contributed by atoms with E-state index >= 15 is 0 Å². The molecule has 0 spiro atoms. The van der Waals surface area contributed by atoms with Gasteiger partial charge in [-0.15, -0.1) is 11.3 Å². The third kappa shape index (κ3) is 4.77. The predicted octanol–water partition coefficient (Wildman–Crippen LogP) is 12.8. The van der Waals surface area contributed by atoms with Crippen molar-refractivity contribution in [2.24, 2.45) is 0 Å². The molecule has 0 unspecified atom stereocenters. The Balaban J connectivity index is 1.10. The summed E-state index contributed by atoms with van der Waals surface area (Å²) in [4.78, 5) is 10.4. The second kappa shape index (κ2) is 11.7. The van der Waals surface area contributed by atoms with E-state index in [4.69, 9.17) is 9.97 Å². The van der Waals surface area contributed by atoms with Crippen LogP contribution in [0.25, 0.3) is 76.3 Å². The molecule has 9 aromatic rings. The van der Waals surface area contributed by atoms with Crippen LogP contribution in [0, 0.1) is 0 Å².